The first kappa shape index (κ1) is 15.9. The lowest BCUT2D eigenvalue weighted by Crippen LogP contribution is -2.11. The Kier molecular flexibility index (Phi) is 4.10. The number of rotatable bonds is 4. The van der Waals surface area contributed by atoms with Gasteiger partial charge >= 0.3 is 5.97 Å². The molecule has 3 aromatic heterocycles. The van der Waals surface area contributed by atoms with Crippen LogP contribution in [0.5, 0.6) is 0 Å². The summed E-state index contributed by atoms with van der Waals surface area (Å²) < 4.78 is 6.76. The van der Waals surface area contributed by atoms with E-state index in [-0.39, 0.29) is 6.61 Å². The molecule has 4 rings (SSSR count). The van der Waals surface area contributed by atoms with Gasteiger partial charge in [-0.2, -0.15) is 9.50 Å². The second kappa shape index (κ2) is 6.72. The van der Waals surface area contributed by atoms with Crippen LogP contribution in [0, 0.1) is 0 Å². The van der Waals surface area contributed by atoms with E-state index in [9.17, 15) is 4.79 Å². The Bertz CT molecular complexity index is 1060. The van der Waals surface area contributed by atoms with Gasteiger partial charge in [-0.15, -0.1) is 5.10 Å². The molecule has 26 heavy (non-hydrogen) atoms. The first-order valence-electron chi connectivity index (χ1n) is 8.16. The van der Waals surface area contributed by atoms with E-state index in [1.54, 1.807) is 23.8 Å². The minimum Gasteiger partial charge on any atom is -0.462 e. The average Bonchev–Trinajstić information content (AvgIpc) is 3.13. The molecule has 1 aromatic carbocycles. The van der Waals surface area contributed by atoms with E-state index in [2.05, 4.69) is 20.1 Å². The van der Waals surface area contributed by atoms with Crippen molar-refractivity contribution in [2.75, 3.05) is 6.61 Å². The maximum absolute atomic E-state index is 12.4. The van der Waals surface area contributed by atoms with Crippen molar-refractivity contribution < 1.29 is 9.53 Å². The number of hydrogen-bond donors (Lipinski definition) is 0. The topological polar surface area (TPSA) is 82.3 Å². The van der Waals surface area contributed by atoms with Crippen molar-refractivity contribution in [1.82, 2.24) is 24.6 Å². The molecule has 0 radical (unpaired) electrons. The van der Waals surface area contributed by atoms with E-state index in [1.165, 1.54) is 6.20 Å². The maximum atomic E-state index is 12.4. The molecule has 0 bridgehead atoms. The molecule has 0 aliphatic heterocycles. The second-order valence-electron chi connectivity index (χ2n) is 5.49. The summed E-state index contributed by atoms with van der Waals surface area (Å²) in [7, 11) is 0. The van der Waals surface area contributed by atoms with Crippen molar-refractivity contribution in [2.24, 2.45) is 0 Å². The summed E-state index contributed by atoms with van der Waals surface area (Å²) in [4.78, 5) is 25.2. The number of hydrogen-bond acceptors (Lipinski definition) is 6. The molecule has 0 aliphatic carbocycles. The average molecular weight is 345 g/mol. The first-order valence-corrected chi connectivity index (χ1v) is 8.16. The van der Waals surface area contributed by atoms with Gasteiger partial charge in [-0.3, -0.25) is 4.98 Å². The van der Waals surface area contributed by atoms with Crippen LogP contribution in [-0.2, 0) is 4.74 Å². The van der Waals surface area contributed by atoms with Gasteiger partial charge in [-0.1, -0.05) is 30.3 Å². The SMILES string of the molecule is CCOC(=O)c1cnc2nc(-c3ccncc3)nn2c1-c1ccccc1. The third-order valence-electron chi connectivity index (χ3n) is 3.85. The molecule has 7 heteroatoms. The van der Waals surface area contributed by atoms with E-state index < -0.39 is 5.97 Å². The highest BCUT2D eigenvalue weighted by molar-refractivity contribution is 5.96. The molecule has 7 nitrogen and oxygen atoms in total. The lowest BCUT2D eigenvalue weighted by atomic mass is 10.1. The minimum absolute atomic E-state index is 0.282. The Balaban J connectivity index is 1.97. The zero-order valence-electron chi connectivity index (χ0n) is 14.0. The Morgan fingerprint density at radius 2 is 1.85 bits per heavy atom. The number of benzene rings is 1. The number of carbonyl (C=O) groups excluding carboxylic acids is 1. The Labute approximate surface area is 149 Å². The molecule has 0 aliphatic rings. The summed E-state index contributed by atoms with van der Waals surface area (Å²) in [5.41, 5.74) is 2.59. The predicted octanol–water partition coefficient (Wildman–Crippen LogP) is 3.03. The van der Waals surface area contributed by atoms with Crippen LogP contribution in [0.25, 0.3) is 28.4 Å². The fourth-order valence-corrected chi connectivity index (χ4v) is 2.69. The predicted molar refractivity (Wildman–Crippen MR) is 95.4 cm³/mol. The van der Waals surface area contributed by atoms with E-state index in [0.29, 0.717) is 22.9 Å². The van der Waals surface area contributed by atoms with Crippen LogP contribution in [0.1, 0.15) is 17.3 Å². The van der Waals surface area contributed by atoms with Gasteiger partial charge in [0.05, 0.1) is 12.3 Å². The van der Waals surface area contributed by atoms with Crippen LogP contribution >= 0.6 is 0 Å². The molecule has 0 spiro atoms. The molecule has 0 fully saturated rings. The van der Waals surface area contributed by atoms with Crippen molar-refractivity contribution in [3.8, 4) is 22.6 Å². The van der Waals surface area contributed by atoms with Gasteiger partial charge in [0.25, 0.3) is 5.78 Å². The molecule has 4 aromatic rings. The molecular formula is C19H15N5O2. The molecule has 0 atom stereocenters. The van der Waals surface area contributed by atoms with E-state index in [4.69, 9.17) is 4.74 Å². The highest BCUT2D eigenvalue weighted by Crippen LogP contribution is 2.25. The lowest BCUT2D eigenvalue weighted by molar-refractivity contribution is 0.0526. The van der Waals surface area contributed by atoms with Crippen LogP contribution in [0.4, 0.5) is 0 Å². The fourth-order valence-electron chi connectivity index (χ4n) is 2.69. The number of fused-ring (bicyclic) bond motifs is 1. The van der Waals surface area contributed by atoms with Gasteiger partial charge in [-0.05, 0) is 19.1 Å². The van der Waals surface area contributed by atoms with Crippen molar-refractivity contribution in [1.29, 1.82) is 0 Å². The van der Waals surface area contributed by atoms with Crippen LogP contribution < -0.4 is 0 Å². The fraction of sp³-hybridized carbons (Fsp3) is 0.105. The van der Waals surface area contributed by atoms with Crippen molar-refractivity contribution >= 4 is 11.7 Å². The Morgan fingerprint density at radius 3 is 2.58 bits per heavy atom. The summed E-state index contributed by atoms with van der Waals surface area (Å²) in [6, 6.07) is 13.2. The molecule has 3 heterocycles. The standard InChI is InChI=1S/C19H15N5O2/c1-2-26-18(25)15-12-21-19-22-17(14-8-10-20-11-9-14)23-24(19)16(15)13-6-4-3-5-7-13/h3-12H,2H2,1H3. The molecule has 0 saturated carbocycles. The summed E-state index contributed by atoms with van der Waals surface area (Å²) in [5, 5.41) is 4.57. The van der Waals surface area contributed by atoms with E-state index >= 15 is 0 Å². The van der Waals surface area contributed by atoms with Crippen molar-refractivity contribution in [2.45, 2.75) is 6.92 Å². The second-order valence-corrected chi connectivity index (χ2v) is 5.49. The van der Waals surface area contributed by atoms with E-state index in [1.807, 2.05) is 42.5 Å². The third-order valence-corrected chi connectivity index (χ3v) is 3.85. The van der Waals surface area contributed by atoms with Gasteiger partial charge in [0, 0.05) is 29.7 Å². The van der Waals surface area contributed by atoms with Gasteiger partial charge in [0.1, 0.15) is 5.56 Å². The monoisotopic (exact) mass is 345 g/mol. The molecule has 0 amide bonds. The number of aromatic nitrogens is 5. The van der Waals surface area contributed by atoms with Crippen molar-refractivity contribution in [3.05, 3.63) is 66.6 Å². The number of ether oxygens (including phenoxy) is 1. The molecule has 0 saturated heterocycles. The number of esters is 1. The summed E-state index contributed by atoms with van der Waals surface area (Å²) in [6.07, 6.45) is 4.84. The van der Waals surface area contributed by atoms with Gasteiger partial charge in [0.15, 0.2) is 5.82 Å². The van der Waals surface area contributed by atoms with Gasteiger partial charge < -0.3 is 4.74 Å². The van der Waals surface area contributed by atoms with Crippen molar-refractivity contribution in [3.63, 3.8) is 0 Å². The van der Waals surface area contributed by atoms with Gasteiger partial charge in [0.2, 0.25) is 0 Å². The molecule has 0 unspecified atom stereocenters. The smallest absolute Gasteiger partial charge is 0.341 e. The molecule has 128 valence electrons. The lowest BCUT2D eigenvalue weighted by Gasteiger charge is -2.09. The minimum atomic E-state index is -0.443. The highest BCUT2D eigenvalue weighted by atomic mass is 16.5. The molecule has 0 N–H and O–H groups in total. The Morgan fingerprint density at radius 1 is 1.08 bits per heavy atom. The zero-order chi connectivity index (χ0) is 17.9. The number of nitrogens with zero attached hydrogens (tertiary/aromatic N) is 5. The largest absolute Gasteiger partial charge is 0.462 e. The Hall–Kier alpha value is -3.61. The van der Waals surface area contributed by atoms with Crippen LogP contribution in [0.15, 0.2) is 61.1 Å². The summed E-state index contributed by atoms with van der Waals surface area (Å²) in [6.45, 7) is 2.05. The van der Waals surface area contributed by atoms with Gasteiger partial charge in [-0.25, -0.2) is 9.78 Å². The zero-order valence-corrected chi connectivity index (χ0v) is 14.0. The highest BCUT2D eigenvalue weighted by Gasteiger charge is 2.20. The molecular weight excluding hydrogens is 330 g/mol. The number of carbonyl (C=O) groups is 1. The summed E-state index contributed by atoms with van der Waals surface area (Å²) in [5.74, 6) is 0.475. The first-order chi connectivity index (χ1) is 12.8. The van der Waals surface area contributed by atoms with Crippen LogP contribution in [0.2, 0.25) is 0 Å². The van der Waals surface area contributed by atoms with Crippen LogP contribution in [0.3, 0.4) is 0 Å². The summed E-state index contributed by atoms with van der Waals surface area (Å²) >= 11 is 0. The third kappa shape index (κ3) is 2.79. The normalized spacial score (nSPS) is 10.8. The quantitative estimate of drug-likeness (QED) is 0.529. The van der Waals surface area contributed by atoms with E-state index in [0.717, 1.165) is 11.1 Å². The maximum Gasteiger partial charge on any atom is 0.341 e. The van der Waals surface area contributed by atoms with Crippen LogP contribution in [-0.4, -0.2) is 37.1 Å². The number of pyridine rings is 1.